The molecule has 2 heteroatoms. The Kier molecular flexibility index (Phi) is 13.1. The maximum absolute atomic E-state index is 5.97. The van der Waals surface area contributed by atoms with Gasteiger partial charge in [0.05, 0.1) is 13.2 Å². The molecule has 0 heterocycles. The monoisotopic (exact) mass is 298 g/mol. The van der Waals surface area contributed by atoms with E-state index in [4.69, 9.17) is 9.47 Å². The third-order valence-electron chi connectivity index (χ3n) is 4.34. The highest BCUT2D eigenvalue weighted by atomic mass is 16.5. The molecule has 0 aliphatic carbocycles. The lowest BCUT2D eigenvalue weighted by atomic mass is 9.76. The van der Waals surface area contributed by atoms with Crippen molar-refractivity contribution in [1.29, 1.82) is 0 Å². The van der Waals surface area contributed by atoms with Gasteiger partial charge in [-0.15, -0.1) is 6.58 Å². The summed E-state index contributed by atoms with van der Waals surface area (Å²) in [5, 5.41) is 0. The zero-order valence-corrected chi connectivity index (χ0v) is 15.0. The predicted octanol–water partition coefficient (Wildman–Crippen LogP) is 5.62. The summed E-state index contributed by atoms with van der Waals surface area (Å²) in [6, 6.07) is 0. The Bertz CT molecular complexity index is 222. The molecule has 0 saturated heterocycles. The average Bonchev–Trinajstić information content (AvgIpc) is 2.46. The highest BCUT2D eigenvalue weighted by Crippen LogP contribution is 2.33. The predicted molar refractivity (Wildman–Crippen MR) is 92.8 cm³/mol. The molecule has 21 heavy (non-hydrogen) atoms. The van der Waals surface area contributed by atoms with Crippen molar-refractivity contribution in [3.63, 3.8) is 0 Å². The normalized spacial score (nSPS) is 12.0. The molecule has 0 aromatic heterocycles. The van der Waals surface area contributed by atoms with Crippen molar-refractivity contribution in [2.75, 3.05) is 26.4 Å². The molecular formula is C19H38O2. The fourth-order valence-corrected chi connectivity index (χ4v) is 2.48. The summed E-state index contributed by atoms with van der Waals surface area (Å²) in [5.41, 5.74) is 0.0835. The number of hydrogen-bond acceptors (Lipinski definition) is 2. The molecule has 0 spiro atoms. The lowest BCUT2D eigenvalue weighted by molar-refractivity contribution is -0.0478. The van der Waals surface area contributed by atoms with E-state index in [1.54, 1.807) is 0 Å². The lowest BCUT2D eigenvalue weighted by Gasteiger charge is -2.36. The van der Waals surface area contributed by atoms with E-state index in [0.29, 0.717) is 5.92 Å². The summed E-state index contributed by atoms with van der Waals surface area (Å²) in [4.78, 5) is 0. The first-order valence-electron chi connectivity index (χ1n) is 8.89. The number of allylic oxidation sites excluding steroid dienone is 1. The van der Waals surface area contributed by atoms with Crippen molar-refractivity contribution in [2.24, 2.45) is 11.3 Å². The molecule has 0 unspecified atom stereocenters. The fraction of sp³-hybridized carbons (Fsp3) is 0.895. The first-order chi connectivity index (χ1) is 10.1. The summed E-state index contributed by atoms with van der Waals surface area (Å²) in [5.74, 6) is 0.535. The number of rotatable bonds is 15. The van der Waals surface area contributed by atoms with Gasteiger partial charge in [0.2, 0.25) is 0 Å². The number of unbranched alkanes of at least 4 members (excludes halogenated alkanes) is 4. The Morgan fingerprint density at radius 2 is 1.38 bits per heavy atom. The minimum atomic E-state index is 0.0835. The molecule has 0 aliphatic rings. The topological polar surface area (TPSA) is 18.5 Å². The molecule has 0 atom stereocenters. The third-order valence-corrected chi connectivity index (χ3v) is 4.34. The summed E-state index contributed by atoms with van der Waals surface area (Å²) >= 11 is 0. The van der Waals surface area contributed by atoms with Crippen molar-refractivity contribution >= 4 is 0 Å². The molecule has 0 aromatic rings. The van der Waals surface area contributed by atoms with Gasteiger partial charge in [0, 0.05) is 18.6 Å². The van der Waals surface area contributed by atoms with Crippen LogP contribution in [0.3, 0.4) is 0 Å². The largest absolute Gasteiger partial charge is 0.381 e. The summed E-state index contributed by atoms with van der Waals surface area (Å²) in [6.07, 6.45) is 10.3. The van der Waals surface area contributed by atoms with Crippen molar-refractivity contribution in [3.8, 4) is 0 Å². The fourth-order valence-electron chi connectivity index (χ4n) is 2.48. The molecule has 0 aromatic carbocycles. The molecule has 2 nitrogen and oxygen atoms in total. The second-order valence-electron chi connectivity index (χ2n) is 6.53. The quantitative estimate of drug-likeness (QED) is 0.288. The maximum Gasteiger partial charge on any atom is 0.0549 e. The van der Waals surface area contributed by atoms with Crippen LogP contribution in [0.1, 0.15) is 72.6 Å². The van der Waals surface area contributed by atoms with Gasteiger partial charge in [-0.05, 0) is 25.2 Å². The molecule has 0 aliphatic heterocycles. The summed E-state index contributed by atoms with van der Waals surface area (Å²) < 4.78 is 11.9. The summed E-state index contributed by atoms with van der Waals surface area (Å²) in [7, 11) is 0. The van der Waals surface area contributed by atoms with E-state index in [9.17, 15) is 0 Å². The second kappa shape index (κ2) is 13.3. The molecule has 126 valence electrons. The Hall–Kier alpha value is -0.340. The van der Waals surface area contributed by atoms with Crippen LogP contribution in [-0.2, 0) is 9.47 Å². The van der Waals surface area contributed by atoms with Gasteiger partial charge >= 0.3 is 0 Å². The molecule has 0 radical (unpaired) electrons. The number of ether oxygens (including phenoxy) is 2. The van der Waals surface area contributed by atoms with Crippen molar-refractivity contribution < 1.29 is 9.47 Å². The first kappa shape index (κ1) is 20.7. The Labute approximate surface area is 133 Å². The van der Waals surface area contributed by atoms with Crippen LogP contribution in [0.5, 0.6) is 0 Å². The van der Waals surface area contributed by atoms with Crippen LogP contribution >= 0.6 is 0 Å². The van der Waals surface area contributed by atoms with Crippen LogP contribution in [0.15, 0.2) is 12.7 Å². The average molecular weight is 299 g/mol. The van der Waals surface area contributed by atoms with E-state index < -0.39 is 0 Å². The zero-order valence-electron chi connectivity index (χ0n) is 15.0. The molecule has 0 amide bonds. The van der Waals surface area contributed by atoms with Gasteiger partial charge in [0.1, 0.15) is 0 Å². The van der Waals surface area contributed by atoms with Crippen LogP contribution in [0.4, 0.5) is 0 Å². The Morgan fingerprint density at radius 3 is 1.71 bits per heavy atom. The SMILES string of the molecule is C=CCC(COCCCCC)(COCCCCC)C(C)C. The van der Waals surface area contributed by atoms with Crippen LogP contribution in [-0.4, -0.2) is 26.4 Å². The van der Waals surface area contributed by atoms with E-state index in [2.05, 4.69) is 34.3 Å². The van der Waals surface area contributed by atoms with Gasteiger partial charge in [-0.25, -0.2) is 0 Å². The van der Waals surface area contributed by atoms with E-state index in [-0.39, 0.29) is 5.41 Å². The molecule has 0 rings (SSSR count). The van der Waals surface area contributed by atoms with E-state index >= 15 is 0 Å². The van der Waals surface area contributed by atoms with Crippen molar-refractivity contribution in [1.82, 2.24) is 0 Å². The molecule has 0 N–H and O–H groups in total. The smallest absolute Gasteiger partial charge is 0.0549 e. The number of hydrogen-bond donors (Lipinski definition) is 0. The maximum atomic E-state index is 5.97. The van der Waals surface area contributed by atoms with E-state index in [0.717, 1.165) is 45.7 Å². The van der Waals surface area contributed by atoms with Gasteiger partial charge in [0.15, 0.2) is 0 Å². The van der Waals surface area contributed by atoms with Gasteiger partial charge < -0.3 is 9.47 Å². The lowest BCUT2D eigenvalue weighted by Crippen LogP contribution is -2.37. The highest BCUT2D eigenvalue weighted by Gasteiger charge is 2.33. The van der Waals surface area contributed by atoms with Gasteiger partial charge in [-0.2, -0.15) is 0 Å². The minimum Gasteiger partial charge on any atom is -0.381 e. The third kappa shape index (κ3) is 9.31. The molecule has 0 fully saturated rings. The molecule has 0 saturated carbocycles. The van der Waals surface area contributed by atoms with Crippen molar-refractivity contribution in [3.05, 3.63) is 12.7 Å². The van der Waals surface area contributed by atoms with Crippen LogP contribution in [0.25, 0.3) is 0 Å². The summed E-state index contributed by atoms with van der Waals surface area (Å²) in [6.45, 7) is 16.2. The minimum absolute atomic E-state index is 0.0835. The molecular weight excluding hydrogens is 260 g/mol. The van der Waals surface area contributed by atoms with Gasteiger partial charge in [-0.1, -0.05) is 59.5 Å². The first-order valence-corrected chi connectivity index (χ1v) is 8.89. The van der Waals surface area contributed by atoms with Crippen LogP contribution in [0, 0.1) is 11.3 Å². The zero-order chi connectivity index (χ0) is 16.0. The standard InChI is InChI=1S/C19H38O2/c1-6-9-11-14-20-16-19(13-8-3,18(4)5)17-21-15-12-10-7-2/h8,18H,3,6-7,9-17H2,1-2,4-5H3. The Balaban J connectivity index is 4.28. The van der Waals surface area contributed by atoms with Gasteiger partial charge in [-0.3, -0.25) is 0 Å². The highest BCUT2D eigenvalue weighted by molar-refractivity contribution is 4.89. The van der Waals surface area contributed by atoms with E-state index in [1.807, 2.05) is 6.08 Å². The van der Waals surface area contributed by atoms with E-state index in [1.165, 1.54) is 25.7 Å². The van der Waals surface area contributed by atoms with Crippen LogP contribution in [0.2, 0.25) is 0 Å². The van der Waals surface area contributed by atoms with Crippen molar-refractivity contribution in [2.45, 2.75) is 72.6 Å². The molecule has 0 bridgehead atoms. The Morgan fingerprint density at radius 1 is 0.905 bits per heavy atom. The van der Waals surface area contributed by atoms with Crippen LogP contribution < -0.4 is 0 Å². The second-order valence-corrected chi connectivity index (χ2v) is 6.53. The van der Waals surface area contributed by atoms with Gasteiger partial charge in [0.25, 0.3) is 0 Å².